The van der Waals surface area contributed by atoms with Gasteiger partial charge in [0.15, 0.2) is 16.1 Å². The second kappa shape index (κ2) is 21.1. The lowest BCUT2D eigenvalue weighted by atomic mass is 10.1. The SMILES string of the molecule is CC(=O)NCc1cc2c(=O)n(N(C(C)=O)S(C)(=O)=O)c(=O)[nH]c2cc1C.CC(=O)O.COC1CCC(C)O1.Cc1cc2[nH]c(=O)n(CS(C)(=O)=O)c(=O)c2cc1Cn1cccc1. The minimum absolute atomic E-state index is 0.00505. The topological polar surface area (TPSA) is 288 Å². The average Bonchev–Trinajstić information content (AvgIpc) is 3.82. The highest BCUT2D eigenvalue weighted by Gasteiger charge is 2.27. The monoisotopic (exact) mass is 905 g/mol. The highest BCUT2D eigenvalue weighted by atomic mass is 32.2. The number of sulfone groups is 1. The Morgan fingerprint density at radius 3 is 1.82 bits per heavy atom. The van der Waals surface area contributed by atoms with Crippen molar-refractivity contribution in [3.63, 3.8) is 0 Å². The summed E-state index contributed by atoms with van der Waals surface area (Å²) in [6.07, 6.45) is 8.19. The maximum atomic E-state index is 12.7. The molecule has 5 aromatic rings. The summed E-state index contributed by atoms with van der Waals surface area (Å²) in [5.41, 5.74) is 0.429. The second-order valence-electron chi connectivity index (χ2n) is 14.4. The number of aromatic nitrogens is 5. The van der Waals surface area contributed by atoms with Gasteiger partial charge in [-0.05, 0) is 85.8 Å². The van der Waals surface area contributed by atoms with Gasteiger partial charge in [0, 0.05) is 66.0 Å². The summed E-state index contributed by atoms with van der Waals surface area (Å²) in [6.45, 7) is 9.79. The Labute approximate surface area is 355 Å². The number of aliphatic carboxylic acids is 1. The standard InChI is InChI=1S/C16H17N3O4S.C15H18N4O6S.C6H12O2.C2H4O2/c1-11-7-14-13(8-12(11)9-18-5-3-4-6-18)15(20)19(16(21)17-14)10-24(2,22)23;1-8-5-13-12(6-11(8)7-16-9(2)20)14(22)18(15(23)17-13)19(10(3)21)26(4,24)25;1-5-3-4-6(7-2)8-5;1-2(3)4/h3-8H,9-10H2,1-2H3,(H,17,21);5-6H,7H2,1-4H3,(H,16,20)(H,17,23);5-6H,3-4H2,1-2H3;1H3,(H,3,4). The third kappa shape index (κ3) is 13.9. The van der Waals surface area contributed by atoms with E-state index in [-0.39, 0.29) is 38.7 Å². The molecular weight excluding hydrogens is 855 g/mol. The highest BCUT2D eigenvalue weighted by Crippen LogP contribution is 2.19. The lowest BCUT2D eigenvalue weighted by molar-refractivity contribution is -0.134. The fraction of sp³-hybridized carbons (Fsp3) is 0.410. The summed E-state index contributed by atoms with van der Waals surface area (Å²) in [5.74, 6) is -2.74. The Morgan fingerprint density at radius 1 is 0.855 bits per heavy atom. The summed E-state index contributed by atoms with van der Waals surface area (Å²) < 4.78 is 59.9. The number of aromatic amines is 2. The Morgan fingerprint density at radius 2 is 1.37 bits per heavy atom. The number of H-pyrrole nitrogens is 2. The van der Waals surface area contributed by atoms with Gasteiger partial charge in [-0.3, -0.25) is 24.0 Å². The molecule has 2 amide bonds. The number of benzene rings is 2. The largest absolute Gasteiger partial charge is 0.481 e. The lowest BCUT2D eigenvalue weighted by Gasteiger charge is -2.19. The van der Waals surface area contributed by atoms with Crippen LogP contribution in [0.25, 0.3) is 21.8 Å². The van der Waals surface area contributed by atoms with E-state index in [0.717, 1.165) is 44.1 Å². The molecule has 0 radical (unpaired) electrons. The van der Waals surface area contributed by atoms with Crippen LogP contribution < -0.4 is 32.2 Å². The van der Waals surface area contributed by atoms with Crippen molar-refractivity contribution < 1.29 is 45.8 Å². The minimum Gasteiger partial charge on any atom is -0.481 e. The average molecular weight is 906 g/mol. The van der Waals surface area contributed by atoms with E-state index in [9.17, 15) is 45.6 Å². The maximum absolute atomic E-state index is 12.7. The molecule has 4 N–H and O–H groups in total. The molecule has 2 atom stereocenters. The van der Waals surface area contributed by atoms with Crippen LogP contribution in [-0.4, -0.2) is 95.5 Å². The van der Waals surface area contributed by atoms with Crippen molar-refractivity contribution in [3.8, 4) is 0 Å². The number of hydrogen-bond acceptors (Lipinski definition) is 13. The molecule has 21 nitrogen and oxygen atoms in total. The minimum atomic E-state index is -4.20. The van der Waals surface area contributed by atoms with Crippen molar-refractivity contribution in [3.05, 3.63) is 113 Å². The van der Waals surface area contributed by atoms with Gasteiger partial charge >= 0.3 is 11.4 Å². The van der Waals surface area contributed by atoms with Crippen LogP contribution in [-0.2, 0) is 62.7 Å². The number of carboxylic acid groups (broad SMARTS) is 1. The van der Waals surface area contributed by atoms with E-state index in [4.69, 9.17) is 19.4 Å². The van der Waals surface area contributed by atoms with Crippen LogP contribution in [0, 0.1) is 13.8 Å². The number of carbonyl (C=O) groups is 3. The molecule has 3 aromatic heterocycles. The van der Waals surface area contributed by atoms with E-state index in [1.165, 1.54) is 19.1 Å². The van der Waals surface area contributed by atoms with Crippen LogP contribution in [0.2, 0.25) is 0 Å². The van der Waals surface area contributed by atoms with Gasteiger partial charge < -0.3 is 34.4 Å². The first-order chi connectivity index (χ1) is 28.7. The van der Waals surface area contributed by atoms with Crippen molar-refractivity contribution in [2.75, 3.05) is 24.0 Å². The number of aryl methyl sites for hydroxylation is 2. The molecule has 0 spiro atoms. The molecule has 2 unspecified atom stereocenters. The zero-order valence-corrected chi connectivity index (χ0v) is 37.3. The van der Waals surface area contributed by atoms with Crippen LogP contribution >= 0.6 is 0 Å². The van der Waals surface area contributed by atoms with Gasteiger partial charge in [0.1, 0.15) is 5.88 Å². The van der Waals surface area contributed by atoms with Crippen LogP contribution in [0.3, 0.4) is 0 Å². The molecule has 0 saturated carbocycles. The summed E-state index contributed by atoms with van der Waals surface area (Å²) in [7, 11) is -6.03. The van der Waals surface area contributed by atoms with Crippen LogP contribution in [0.5, 0.6) is 0 Å². The molecule has 0 bridgehead atoms. The molecule has 2 aromatic carbocycles. The van der Waals surface area contributed by atoms with Gasteiger partial charge in [-0.15, -0.1) is 9.09 Å². The molecule has 6 rings (SSSR count). The van der Waals surface area contributed by atoms with Crippen LogP contribution in [0.4, 0.5) is 0 Å². The predicted molar refractivity (Wildman–Crippen MR) is 231 cm³/mol. The molecule has 1 fully saturated rings. The number of carbonyl (C=O) groups excluding carboxylic acids is 2. The number of sulfonamides is 1. The Bertz CT molecular complexity index is 2910. The van der Waals surface area contributed by atoms with E-state index < -0.39 is 60.1 Å². The van der Waals surface area contributed by atoms with Crippen LogP contribution in [0.1, 0.15) is 62.8 Å². The Kier molecular flexibility index (Phi) is 17.1. The predicted octanol–water partition coefficient (Wildman–Crippen LogP) is 1.18. The summed E-state index contributed by atoms with van der Waals surface area (Å²) >= 11 is 0. The van der Waals surface area contributed by atoms with Crippen molar-refractivity contribution in [2.24, 2.45) is 0 Å². The first-order valence-electron chi connectivity index (χ1n) is 18.7. The number of nitrogens with one attached hydrogen (secondary N) is 3. The third-order valence-electron chi connectivity index (χ3n) is 8.90. The molecule has 1 aliphatic heterocycles. The molecule has 62 heavy (non-hydrogen) atoms. The van der Waals surface area contributed by atoms with Gasteiger partial charge in [0.2, 0.25) is 5.91 Å². The molecule has 338 valence electrons. The van der Waals surface area contributed by atoms with E-state index in [1.807, 2.05) is 36.0 Å². The molecule has 23 heteroatoms. The number of nitrogens with zero attached hydrogens (tertiary/aromatic N) is 4. The molecule has 0 aliphatic carbocycles. The normalized spacial score (nSPS) is 14.7. The molecule has 1 saturated heterocycles. The summed E-state index contributed by atoms with van der Waals surface area (Å²) in [6, 6.07) is 10.2. The van der Waals surface area contributed by atoms with Gasteiger partial charge in [0.25, 0.3) is 33.0 Å². The van der Waals surface area contributed by atoms with E-state index >= 15 is 0 Å². The van der Waals surface area contributed by atoms with Gasteiger partial charge in [-0.1, -0.05) is 0 Å². The first kappa shape index (κ1) is 50.2. The summed E-state index contributed by atoms with van der Waals surface area (Å²) in [4.78, 5) is 86.4. The highest BCUT2D eigenvalue weighted by molar-refractivity contribution is 7.92. The first-order valence-corrected chi connectivity index (χ1v) is 22.6. The van der Waals surface area contributed by atoms with Crippen molar-refractivity contribution in [1.29, 1.82) is 0 Å². The zero-order valence-electron chi connectivity index (χ0n) is 35.7. The van der Waals surface area contributed by atoms with E-state index in [2.05, 4.69) is 22.2 Å². The number of ether oxygens (including phenoxy) is 2. The van der Waals surface area contributed by atoms with Crippen LogP contribution in [0.15, 0.2) is 68.0 Å². The second-order valence-corrected chi connectivity index (χ2v) is 18.3. The Balaban J connectivity index is 0.000000261. The van der Waals surface area contributed by atoms with Gasteiger partial charge in [0.05, 0.1) is 34.2 Å². The fourth-order valence-corrected chi connectivity index (χ4v) is 7.71. The van der Waals surface area contributed by atoms with E-state index in [0.29, 0.717) is 45.5 Å². The smallest absolute Gasteiger partial charge is 0.349 e. The number of methoxy groups -OCH3 is 1. The van der Waals surface area contributed by atoms with Gasteiger partial charge in [-0.25, -0.2) is 31.0 Å². The number of amides is 2. The Hall–Kier alpha value is -6.17. The van der Waals surface area contributed by atoms with Crippen molar-refractivity contribution in [1.82, 2.24) is 29.1 Å². The zero-order chi connectivity index (χ0) is 46.9. The van der Waals surface area contributed by atoms with Gasteiger partial charge in [-0.2, -0.15) is 0 Å². The maximum Gasteiger partial charge on any atom is 0.349 e. The van der Waals surface area contributed by atoms with Crippen molar-refractivity contribution >= 4 is 59.5 Å². The third-order valence-corrected chi connectivity index (χ3v) is 10.7. The molecule has 1 aliphatic rings. The molecule has 4 heterocycles. The number of carboxylic acids is 1. The quantitative estimate of drug-likeness (QED) is 0.162. The fourth-order valence-electron chi connectivity index (χ4n) is 6.09. The van der Waals surface area contributed by atoms with E-state index in [1.54, 1.807) is 26.2 Å². The number of fused-ring (bicyclic) bond motifs is 2. The lowest BCUT2D eigenvalue weighted by Crippen LogP contribution is -2.55. The molecular formula is C39H51N7O14S2. The number of hydrogen-bond donors (Lipinski definition) is 4. The van der Waals surface area contributed by atoms with Crippen molar-refractivity contribution in [2.45, 2.75) is 85.7 Å². The number of rotatable bonds is 9. The summed E-state index contributed by atoms with van der Waals surface area (Å²) in [5, 5.41) is 10.3.